The number of carbonyl (C=O) groups is 1. The third kappa shape index (κ3) is 2.52. The molecule has 1 aliphatic rings. The third-order valence-corrected chi connectivity index (χ3v) is 2.29. The first-order chi connectivity index (χ1) is 5.05. The largest absolute Gasteiger partial charge is 0.351 e. The summed E-state index contributed by atoms with van der Waals surface area (Å²) in [4.78, 5) is 11.3. The van der Waals surface area contributed by atoms with E-state index in [1.54, 1.807) is 0 Å². The van der Waals surface area contributed by atoms with Crippen LogP contribution in [0.25, 0.3) is 0 Å². The molecule has 64 valence electrons. The SMILES string of the molecule is CCC(C)(C)NC(=O)C1CC1. The summed E-state index contributed by atoms with van der Waals surface area (Å²) in [6, 6.07) is 0. The molecule has 1 N–H and O–H groups in total. The summed E-state index contributed by atoms with van der Waals surface area (Å²) in [6.07, 6.45) is 3.17. The predicted octanol–water partition coefficient (Wildman–Crippen LogP) is 1.70. The average Bonchev–Trinajstić information content (AvgIpc) is 2.67. The maximum absolute atomic E-state index is 11.3. The van der Waals surface area contributed by atoms with E-state index in [9.17, 15) is 4.79 Å². The van der Waals surface area contributed by atoms with Crippen LogP contribution in [0.1, 0.15) is 40.0 Å². The van der Waals surface area contributed by atoms with Gasteiger partial charge in [0.05, 0.1) is 0 Å². The van der Waals surface area contributed by atoms with E-state index in [0.29, 0.717) is 5.92 Å². The Balaban J connectivity index is 2.33. The average molecular weight is 155 g/mol. The lowest BCUT2D eigenvalue weighted by Gasteiger charge is -2.24. The van der Waals surface area contributed by atoms with Crippen molar-refractivity contribution < 1.29 is 4.79 Å². The topological polar surface area (TPSA) is 29.1 Å². The van der Waals surface area contributed by atoms with Crippen molar-refractivity contribution in [2.45, 2.75) is 45.6 Å². The lowest BCUT2D eigenvalue weighted by molar-refractivity contribution is -0.123. The Bertz CT molecular complexity index is 159. The second kappa shape index (κ2) is 2.84. The molecule has 1 amide bonds. The molecule has 0 aromatic rings. The number of hydrogen-bond donors (Lipinski definition) is 1. The number of amides is 1. The van der Waals surface area contributed by atoms with Gasteiger partial charge in [-0.05, 0) is 33.1 Å². The minimum atomic E-state index is -0.0142. The van der Waals surface area contributed by atoms with E-state index in [0.717, 1.165) is 19.3 Å². The fraction of sp³-hybridized carbons (Fsp3) is 0.889. The molecule has 0 radical (unpaired) electrons. The van der Waals surface area contributed by atoms with Crippen molar-refractivity contribution in [2.24, 2.45) is 5.92 Å². The molecule has 0 aliphatic heterocycles. The van der Waals surface area contributed by atoms with Crippen LogP contribution in [0.5, 0.6) is 0 Å². The summed E-state index contributed by atoms with van der Waals surface area (Å²) in [5.74, 6) is 0.581. The fourth-order valence-corrected chi connectivity index (χ4v) is 0.869. The van der Waals surface area contributed by atoms with Crippen molar-refractivity contribution in [3.8, 4) is 0 Å². The summed E-state index contributed by atoms with van der Waals surface area (Å²) in [5.41, 5.74) is -0.0142. The maximum atomic E-state index is 11.3. The van der Waals surface area contributed by atoms with Crippen molar-refractivity contribution in [3.05, 3.63) is 0 Å². The van der Waals surface area contributed by atoms with Gasteiger partial charge in [0.2, 0.25) is 5.91 Å². The molecule has 2 nitrogen and oxygen atoms in total. The predicted molar refractivity (Wildman–Crippen MR) is 45.2 cm³/mol. The molecule has 1 rings (SSSR count). The van der Waals surface area contributed by atoms with Gasteiger partial charge in [0.25, 0.3) is 0 Å². The third-order valence-electron chi connectivity index (χ3n) is 2.29. The molecular weight excluding hydrogens is 138 g/mol. The van der Waals surface area contributed by atoms with Gasteiger partial charge >= 0.3 is 0 Å². The standard InChI is InChI=1S/C9H17NO/c1-4-9(2,3)10-8(11)7-5-6-7/h7H,4-6H2,1-3H3,(H,10,11). The molecule has 1 saturated carbocycles. The molecule has 2 heteroatoms. The Morgan fingerprint density at radius 2 is 2.09 bits per heavy atom. The van der Waals surface area contributed by atoms with Crippen LogP contribution >= 0.6 is 0 Å². The Hall–Kier alpha value is -0.530. The lowest BCUT2D eigenvalue weighted by atomic mass is 10.0. The second-order valence-electron chi connectivity index (χ2n) is 4.00. The number of carbonyl (C=O) groups excluding carboxylic acids is 1. The van der Waals surface area contributed by atoms with Gasteiger partial charge in [-0.3, -0.25) is 4.79 Å². The first-order valence-electron chi connectivity index (χ1n) is 4.37. The molecular formula is C9H17NO. The van der Waals surface area contributed by atoms with Crippen molar-refractivity contribution in [1.29, 1.82) is 0 Å². The van der Waals surface area contributed by atoms with Crippen LogP contribution in [0.4, 0.5) is 0 Å². The molecule has 0 aromatic carbocycles. The first kappa shape index (κ1) is 8.57. The van der Waals surface area contributed by atoms with Crippen LogP contribution in [0.3, 0.4) is 0 Å². The van der Waals surface area contributed by atoms with Gasteiger partial charge in [-0.1, -0.05) is 6.92 Å². The second-order valence-corrected chi connectivity index (χ2v) is 4.00. The number of rotatable bonds is 3. The van der Waals surface area contributed by atoms with Crippen LogP contribution in [-0.2, 0) is 4.79 Å². The van der Waals surface area contributed by atoms with Crippen molar-refractivity contribution in [1.82, 2.24) is 5.32 Å². The van der Waals surface area contributed by atoms with Crippen LogP contribution < -0.4 is 5.32 Å². The zero-order valence-electron chi connectivity index (χ0n) is 7.61. The monoisotopic (exact) mass is 155 g/mol. The van der Waals surface area contributed by atoms with E-state index in [-0.39, 0.29) is 11.4 Å². The van der Waals surface area contributed by atoms with Crippen molar-refractivity contribution in [3.63, 3.8) is 0 Å². The van der Waals surface area contributed by atoms with Gasteiger partial charge < -0.3 is 5.32 Å². The summed E-state index contributed by atoms with van der Waals surface area (Å²) in [7, 11) is 0. The Labute approximate surface area is 68.4 Å². The van der Waals surface area contributed by atoms with E-state index in [1.807, 2.05) is 0 Å². The minimum absolute atomic E-state index is 0.0142. The van der Waals surface area contributed by atoms with Gasteiger partial charge in [-0.25, -0.2) is 0 Å². The van der Waals surface area contributed by atoms with E-state index in [4.69, 9.17) is 0 Å². The highest BCUT2D eigenvalue weighted by Gasteiger charge is 2.32. The summed E-state index contributed by atoms with van der Waals surface area (Å²) in [6.45, 7) is 6.22. The van der Waals surface area contributed by atoms with Gasteiger partial charge in [0, 0.05) is 11.5 Å². The molecule has 1 fully saturated rings. The van der Waals surface area contributed by atoms with E-state index < -0.39 is 0 Å². The molecule has 0 atom stereocenters. The molecule has 0 bridgehead atoms. The number of nitrogens with one attached hydrogen (secondary N) is 1. The number of hydrogen-bond acceptors (Lipinski definition) is 1. The van der Waals surface area contributed by atoms with Gasteiger partial charge in [0.15, 0.2) is 0 Å². The van der Waals surface area contributed by atoms with E-state index in [2.05, 4.69) is 26.1 Å². The van der Waals surface area contributed by atoms with Crippen molar-refractivity contribution in [2.75, 3.05) is 0 Å². The van der Waals surface area contributed by atoms with Crippen molar-refractivity contribution >= 4 is 5.91 Å². The minimum Gasteiger partial charge on any atom is -0.351 e. The normalized spacial score (nSPS) is 18.1. The maximum Gasteiger partial charge on any atom is 0.223 e. The Kier molecular flexibility index (Phi) is 2.21. The van der Waals surface area contributed by atoms with Crippen LogP contribution in [-0.4, -0.2) is 11.4 Å². The highest BCUT2D eigenvalue weighted by Crippen LogP contribution is 2.29. The molecule has 1 aliphatic carbocycles. The zero-order valence-corrected chi connectivity index (χ0v) is 7.61. The van der Waals surface area contributed by atoms with E-state index in [1.165, 1.54) is 0 Å². The quantitative estimate of drug-likeness (QED) is 0.660. The molecule has 0 saturated heterocycles. The smallest absolute Gasteiger partial charge is 0.223 e. The Morgan fingerprint density at radius 1 is 1.55 bits per heavy atom. The molecule has 0 unspecified atom stereocenters. The van der Waals surface area contributed by atoms with Crippen LogP contribution in [0.2, 0.25) is 0 Å². The van der Waals surface area contributed by atoms with Gasteiger partial charge in [-0.15, -0.1) is 0 Å². The lowest BCUT2D eigenvalue weighted by Crippen LogP contribution is -2.43. The summed E-state index contributed by atoms with van der Waals surface area (Å²) in [5, 5.41) is 3.03. The molecule has 0 spiro atoms. The Morgan fingerprint density at radius 3 is 2.45 bits per heavy atom. The molecule has 0 heterocycles. The highest BCUT2D eigenvalue weighted by atomic mass is 16.2. The first-order valence-corrected chi connectivity index (χ1v) is 4.37. The van der Waals surface area contributed by atoms with E-state index >= 15 is 0 Å². The summed E-state index contributed by atoms with van der Waals surface area (Å²) >= 11 is 0. The molecule has 11 heavy (non-hydrogen) atoms. The van der Waals surface area contributed by atoms with Crippen LogP contribution in [0, 0.1) is 5.92 Å². The van der Waals surface area contributed by atoms with Gasteiger partial charge in [-0.2, -0.15) is 0 Å². The highest BCUT2D eigenvalue weighted by molar-refractivity contribution is 5.81. The van der Waals surface area contributed by atoms with Crippen LogP contribution in [0.15, 0.2) is 0 Å². The zero-order chi connectivity index (χ0) is 8.48. The molecule has 0 aromatic heterocycles. The summed E-state index contributed by atoms with van der Waals surface area (Å²) < 4.78 is 0. The fourth-order valence-electron chi connectivity index (χ4n) is 0.869. The van der Waals surface area contributed by atoms with Gasteiger partial charge in [0.1, 0.15) is 0 Å².